The molecule has 28 heavy (non-hydrogen) atoms. The molecule has 0 aliphatic rings. The van der Waals surface area contributed by atoms with Crippen LogP contribution in [0.4, 0.5) is 11.4 Å². The maximum Gasteiger partial charge on any atom is 0.342 e. The van der Waals surface area contributed by atoms with E-state index >= 15 is 0 Å². The second kappa shape index (κ2) is 8.12. The minimum atomic E-state index is -0.451. The molecular formula is C21H23N3O4. The molecule has 1 aromatic carbocycles. The van der Waals surface area contributed by atoms with Crippen LogP contribution in [0.5, 0.6) is 11.5 Å². The van der Waals surface area contributed by atoms with Gasteiger partial charge in [-0.1, -0.05) is 0 Å². The van der Waals surface area contributed by atoms with Gasteiger partial charge in [0.1, 0.15) is 5.56 Å². The number of aromatic nitrogens is 2. The number of aryl methyl sites for hydroxylation is 1. The van der Waals surface area contributed by atoms with E-state index in [4.69, 9.17) is 14.2 Å². The maximum atomic E-state index is 12.6. The summed E-state index contributed by atoms with van der Waals surface area (Å²) >= 11 is 0. The third-order valence-electron chi connectivity index (χ3n) is 4.08. The molecule has 1 N–H and O–H groups in total. The molecule has 0 atom stereocenters. The number of rotatable bonds is 6. The summed E-state index contributed by atoms with van der Waals surface area (Å²) < 4.78 is 16.0. The third-order valence-corrected chi connectivity index (χ3v) is 4.08. The van der Waals surface area contributed by atoms with E-state index in [0.29, 0.717) is 28.4 Å². The van der Waals surface area contributed by atoms with Gasteiger partial charge in [-0.05, 0) is 45.0 Å². The number of esters is 1. The van der Waals surface area contributed by atoms with Gasteiger partial charge in [-0.15, -0.1) is 0 Å². The number of carbonyl (C=O) groups excluding carboxylic acids is 1. The number of ether oxygens (including phenoxy) is 3. The molecule has 7 heteroatoms. The van der Waals surface area contributed by atoms with Crippen molar-refractivity contribution >= 4 is 28.4 Å². The summed E-state index contributed by atoms with van der Waals surface area (Å²) in [7, 11) is 3.15. The molecule has 3 aromatic rings. The standard InChI is InChI=1S/C21H23N3O4/c1-12(2)28-21(25)16-11-22-20-15(8-6-13(3)23-20)19(16)24-14-7-9-17(26-4)18(10-14)27-5/h6-12H,1-5H3,(H,22,23,24). The number of nitrogens with one attached hydrogen (secondary N) is 1. The van der Waals surface area contributed by atoms with Crippen LogP contribution in [0.15, 0.2) is 36.5 Å². The molecule has 0 fully saturated rings. The highest BCUT2D eigenvalue weighted by atomic mass is 16.5. The first-order valence-corrected chi connectivity index (χ1v) is 8.89. The fourth-order valence-corrected chi connectivity index (χ4v) is 2.80. The molecule has 0 unspecified atom stereocenters. The molecule has 146 valence electrons. The van der Waals surface area contributed by atoms with Crippen molar-refractivity contribution in [1.29, 1.82) is 0 Å². The number of carbonyl (C=O) groups is 1. The van der Waals surface area contributed by atoms with E-state index in [1.807, 2.05) is 25.1 Å². The Morgan fingerprint density at radius 3 is 2.50 bits per heavy atom. The number of benzene rings is 1. The first kappa shape index (κ1) is 19.4. The lowest BCUT2D eigenvalue weighted by Gasteiger charge is -2.16. The average molecular weight is 381 g/mol. The zero-order valence-corrected chi connectivity index (χ0v) is 16.6. The Kier molecular flexibility index (Phi) is 5.63. The Morgan fingerprint density at radius 1 is 1.07 bits per heavy atom. The molecule has 0 bridgehead atoms. The topological polar surface area (TPSA) is 82.6 Å². The largest absolute Gasteiger partial charge is 0.493 e. The molecule has 3 rings (SSSR count). The van der Waals surface area contributed by atoms with Crippen molar-refractivity contribution in [2.75, 3.05) is 19.5 Å². The molecule has 0 saturated heterocycles. The third kappa shape index (κ3) is 3.98. The molecule has 0 radical (unpaired) electrons. The Morgan fingerprint density at radius 2 is 1.82 bits per heavy atom. The summed E-state index contributed by atoms with van der Waals surface area (Å²) in [5.41, 5.74) is 3.03. The predicted octanol–water partition coefficient (Wildman–Crippen LogP) is 4.26. The highest BCUT2D eigenvalue weighted by Gasteiger charge is 2.19. The van der Waals surface area contributed by atoms with Crippen molar-refractivity contribution in [1.82, 2.24) is 9.97 Å². The molecule has 0 aliphatic heterocycles. The SMILES string of the molecule is COc1ccc(Nc2c(C(=O)OC(C)C)cnc3nc(C)ccc23)cc1OC. The van der Waals surface area contributed by atoms with Crippen molar-refractivity contribution < 1.29 is 19.0 Å². The predicted molar refractivity (Wildman–Crippen MR) is 108 cm³/mol. The van der Waals surface area contributed by atoms with Gasteiger partial charge in [-0.2, -0.15) is 0 Å². The molecule has 0 spiro atoms. The van der Waals surface area contributed by atoms with Crippen molar-refractivity contribution in [2.45, 2.75) is 26.9 Å². The van der Waals surface area contributed by atoms with Crippen LogP contribution in [-0.4, -0.2) is 36.3 Å². The number of hydrogen-bond donors (Lipinski definition) is 1. The van der Waals surface area contributed by atoms with Crippen LogP contribution in [0.3, 0.4) is 0 Å². The molecule has 2 heterocycles. The number of fused-ring (bicyclic) bond motifs is 1. The van der Waals surface area contributed by atoms with E-state index in [0.717, 1.165) is 16.8 Å². The number of pyridine rings is 2. The van der Waals surface area contributed by atoms with Gasteiger partial charge in [0.2, 0.25) is 0 Å². The van der Waals surface area contributed by atoms with E-state index in [1.165, 1.54) is 6.20 Å². The lowest BCUT2D eigenvalue weighted by atomic mass is 10.1. The van der Waals surface area contributed by atoms with Crippen molar-refractivity contribution in [2.24, 2.45) is 0 Å². The Balaban J connectivity index is 2.12. The van der Waals surface area contributed by atoms with Gasteiger partial charge < -0.3 is 19.5 Å². The number of nitrogens with zero attached hydrogens (tertiary/aromatic N) is 2. The van der Waals surface area contributed by atoms with Crippen LogP contribution in [0.25, 0.3) is 11.0 Å². The van der Waals surface area contributed by atoms with Gasteiger partial charge in [-0.25, -0.2) is 14.8 Å². The summed E-state index contributed by atoms with van der Waals surface area (Å²) in [6, 6.07) is 9.19. The fourth-order valence-electron chi connectivity index (χ4n) is 2.80. The zero-order valence-electron chi connectivity index (χ0n) is 16.6. The Labute approximate surface area is 163 Å². The molecule has 0 aliphatic carbocycles. The number of methoxy groups -OCH3 is 2. The zero-order chi connectivity index (χ0) is 20.3. The molecule has 0 saturated carbocycles. The molecule has 2 aromatic heterocycles. The molecular weight excluding hydrogens is 358 g/mol. The second-order valence-electron chi connectivity index (χ2n) is 6.52. The normalized spacial score (nSPS) is 10.8. The monoisotopic (exact) mass is 381 g/mol. The van der Waals surface area contributed by atoms with Crippen LogP contribution in [0, 0.1) is 6.92 Å². The lowest BCUT2D eigenvalue weighted by molar-refractivity contribution is 0.0379. The smallest absolute Gasteiger partial charge is 0.342 e. The van der Waals surface area contributed by atoms with Gasteiger partial charge in [0, 0.05) is 29.0 Å². The van der Waals surface area contributed by atoms with Crippen molar-refractivity contribution in [3.8, 4) is 11.5 Å². The summed E-state index contributed by atoms with van der Waals surface area (Å²) in [6.07, 6.45) is 1.25. The number of anilines is 2. The lowest BCUT2D eigenvalue weighted by Crippen LogP contribution is -2.14. The number of hydrogen-bond acceptors (Lipinski definition) is 7. The van der Waals surface area contributed by atoms with Crippen molar-refractivity contribution in [3.05, 3.63) is 47.8 Å². The van der Waals surface area contributed by atoms with E-state index in [9.17, 15) is 4.79 Å². The van der Waals surface area contributed by atoms with Crippen LogP contribution in [0.1, 0.15) is 29.9 Å². The van der Waals surface area contributed by atoms with E-state index < -0.39 is 5.97 Å². The first-order chi connectivity index (χ1) is 13.4. The minimum absolute atomic E-state index is 0.242. The van der Waals surface area contributed by atoms with Gasteiger partial charge >= 0.3 is 5.97 Å². The van der Waals surface area contributed by atoms with Gasteiger partial charge in [0.15, 0.2) is 17.1 Å². The minimum Gasteiger partial charge on any atom is -0.493 e. The van der Waals surface area contributed by atoms with E-state index in [1.54, 1.807) is 40.2 Å². The molecule has 7 nitrogen and oxygen atoms in total. The van der Waals surface area contributed by atoms with Crippen LogP contribution in [0.2, 0.25) is 0 Å². The summed E-state index contributed by atoms with van der Waals surface area (Å²) in [6.45, 7) is 5.50. The van der Waals surface area contributed by atoms with Crippen LogP contribution >= 0.6 is 0 Å². The second-order valence-corrected chi connectivity index (χ2v) is 6.52. The Hall–Kier alpha value is -3.35. The van der Waals surface area contributed by atoms with Crippen molar-refractivity contribution in [3.63, 3.8) is 0 Å². The highest BCUT2D eigenvalue weighted by molar-refractivity contribution is 6.05. The summed E-state index contributed by atoms with van der Waals surface area (Å²) in [4.78, 5) is 21.4. The summed E-state index contributed by atoms with van der Waals surface area (Å²) in [5, 5.41) is 4.02. The van der Waals surface area contributed by atoms with Gasteiger partial charge in [0.25, 0.3) is 0 Å². The fraction of sp³-hybridized carbons (Fsp3) is 0.286. The summed E-state index contributed by atoms with van der Waals surface area (Å²) in [5.74, 6) is 0.739. The van der Waals surface area contributed by atoms with E-state index in [-0.39, 0.29) is 6.10 Å². The first-order valence-electron chi connectivity index (χ1n) is 8.89. The quantitative estimate of drug-likeness (QED) is 0.639. The average Bonchev–Trinajstić information content (AvgIpc) is 2.67. The Bertz CT molecular complexity index is 1020. The van der Waals surface area contributed by atoms with Gasteiger partial charge in [-0.3, -0.25) is 0 Å². The van der Waals surface area contributed by atoms with Crippen LogP contribution < -0.4 is 14.8 Å². The van der Waals surface area contributed by atoms with E-state index in [2.05, 4.69) is 15.3 Å². The molecule has 0 amide bonds. The van der Waals surface area contributed by atoms with Gasteiger partial charge in [0.05, 0.1) is 26.0 Å². The maximum absolute atomic E-state index is 12.6. The highest BCUT2D eigenvalue weighted by Crippen LogP contribution is 2.34. The van der Waals surface area contributed by atoms with Crippen LogP contribution in [-0.2, 0) is 4.74 Å².